The van der Waals surface area contributed by atoms with Crippen molar-refractivity contribution in [1.82, 2.24) is 14.0 Å². The van der Waals surface area contributed by atoms with Crippen LogP contribution in [0.2, 0.25) is 10.0 Å². The zero-order chi connectivity index (χ0) is 28.2. The van der Waals surface area contributed by atoms with Gasteiger partial charge in [-0.15, -0.1) is 0 Å². The summed E-state index contributed by atoms with van der Waals surface area (Å²) in [5.41, 5.74) is 0.706. The number of rotatable bonds is 7. The molecule has 9 nitrogen and oxygen atoms in total. The van der Waals surface area contributed by atoms with Gasteiger partial charge in [-0.3, -0.25) is 14.0 Å². The van der Waals surface area contributed by atoms with Crippen molar-refractivity contribution in [1.29, 1.82) is 0 Å². The molecule has 0 aliphatic heterocycles. The van der Waals surface area contributed by atoms with E-state index in [0.717, 1.165) is 32.1 Å². The second-order valence-corrected chi connectivity index (χ2v) is 10.4. The van der Waals surface area contributed by atoms with Crippen molar-refractivity contribution in [3.05, 3.63) is 80.1 Å². The van der Waals surface area contributed by atoms with E-state index in [1.807, 2.05) is 0 Å². The van der Waals surface area contributed by atoms with Crippen molar-refractivity contribution in [2.45, 2.75) is 51.5 Å². The van der Waals surface area contributed by atoms with Gasteiger partial charge in [0.1, 0.15) is 22.6 Å². The molecule has 1 aliphatic rings. The average molecular weight is 583 g/mol. The molecular formula is C29H28Cl2N4O5. The maximum Gasteiger partial charge on any atom is 0.341 e. The highest BCUT2D eigenvalue weighted by Gasteiger charge is 2.25. The lowest BCUT2D eigenvalue weighted by molar-refractivity contribution is -0.118. The Morgan fingerprint density at radius 3 is 2.65 bits per heavy atom. The normalized spacial score (nSPS) is 14.5. The molecule has 3 aromatic heterocycles. The minimum atomic E-state index is -0.665. The molecule has 1 fully saturated rings. The van der Waals surface area contributed by atoms with E-state index in [0.29, 0.717) is 27.1 Å². The second kappa shape index (κ2) is 12.2. The summed E-state index contributed by atoms with van der Waals surface area (Å²) >= 11 is 12.1. The van der Waals surface area contributed by atoms with Crippen LogP contribution in [-0.4, -0.2) is 39.0 Å². The molecular weight excluding hydrogens is 555 g/mol. The number of pyridine rings is 2. The Labute approximate surface area is 240 Å². The summed E-state index contributed by atoms with van der Waals surface area (Å²) in [5, 5.41) is 1.06. The van der Waals surface area contributed by atoms with Gasteiger partial charge in [0.2, 0.25) is 0 Å². The van der Waals surface area contributed by atoms with Gasteiger partial charge in [0.15, 0.2) is 5.49 Å². The number of benzene rings is 1. The Bertz CT molecular complexity index is 1720. The van der Waals surface area contributed by atoms with Gasteiger partial charge < -0.3 is 14.0 Å². The first-order valence-corrected chi connectivity index (χ1v) is 14.0. The lowest BCUT2D eigenvalue weighted by Gasteiger charge is -2.27. The molecule has 0 bridgehead atoms. The van der Waals surface area contributed by atoms with Crippen LogP contribution in [0.25, 0.3) is 16.7 Å². The summed E-state index contributed by atoms with van der Waals surface area (Å²) in [4.78, 5) is 49.1. The van der Waals surface area contributed by atoms with Crippen LogP contribution in [0.5, 0.6) is 5.75 Å². The highest BCUT2D eigenvalue weighted by Crippen LogP contribution is 2.30. The molecule has 1 saturated carbocycles. The van der Waals surface area contributed by atoms with Crippen molar-refractivity contribution in [3.63, 3.8) is 0 Å². The highest BCUT2D eigenvalue weighted by molar-refractivity contribution is 6.35. The molecule has 1 amide bonds. The molecule has 5 rings (SSSR count). The fourth-order valence-corrected chi connectivity index (χ4v) is 5.48. The lowest BCUT2D eigenvalue weighted by atomic mass is 9.94. The molecule has 0 N–H and O–H groups in total. The Morgan fingerprint density at radius 2 is 1.90 bits per heavy atom. The van der Waals surface area contributed by atoms with Crippen LogP contribution in [0.15, 0.2) is 58.4 Å². The van der Waals surface area contributed by atoms with Gasteiger partial charge in [0.05, 0.1) is 30.0 Å². The number of halogens is 2. The first kappa shape index (κ1) is 27.9. The van der Waals surface area contributed by atoms with Crippen molar-refractivity contribution < 1.29 is 19.1 Å². The van der Waals surface area contributed by atoms with E-state index in [4.69, 9.17) is 37.7 Å². The minimum absolute atomic E-state index is 0.0136. The molecule has 0 atom stereocenters. The molecule has 0 unspecified atom stereocenters. The molecule has 1 aliphatic carbocycles. The number of carbonyl (C=O) groups excluding carboxylic acids is 2. The van der Waals surface area contributed by atoms with E-state index in [9.17, 15) is 14.4 Å². The third-order valence-electron chi connectivity index (χ3n) is 6.87. The largest absolute Gasteiger partial charge is 0.491 e. The molecule has 0 saturated heterocycles. The van der Waals surface area contributed by atoms with Gasteiger partial charge in [-0.05, 0) is 56.2 Å². The maximum atomic E-state index is 13.5. The highest BCUT2D eigenvalue weighted by atomic mass is 35.5. The average Bonchev–Trinajstić information content (AvgIpc) is 2.95. The van der Waals surface area contributed by atoms with Crippen molar-refractivity contribution in [2.75, 3.05) is 13.2 Å². The summed E-state index contributed by atoms with van der Waals surface area (Å²) in [6.45, 7) is 1.83. The number of amides is 1. The number of hydrogen-bond donors (Lipinski definition) is 0. The predicted molar refractivity (Wildman–Crippen MR) is 152 cm³/mol. The number of esters is 1. The SMILES string of the molecule is CCOC(=O)c1cc2c(=O)n3ccccc3nc2n(C2CCCCC2)c1=NC(=O)CCOc1ccc(Cl)cc1Cl. The third-order valence-corrected chi connectivity index (χ3v) is 7.40. The van der Waals surface area contributed by atoms with E-state index >= 15 is 0 Å². The Kier molecular flexibility index (Phi) is 8.52. The first-order valence-electron chi connectivity index (χ1n) is 13.3. The summed E-state index contributed by atoms with van der Waals surface area (Å²) in [6.07, 6.45) is 6.19. The number of fused-ring (bicyclic) bond motifs is 2. The van der Waals surface area contributed by atoms with E-state index in [2.05, 4.69) is 4.99 Å². The molecule has 4 aromatic rings. The fourth-order valence-electron chi connectivity index (χ4n) is 5.01. The van der Waals surface area contributed by atoms with Gasteiger partial charge in [0, 0.05) is 17.3 Å². The van der Waals surface area contributed by atoms with Gasteiger partial charge in [0.25, 0.3) is 11.5 Å². The molecule has 1 aromatic carbocycles. The molecule has 11 heteroatoms. The van der Waals surface area contributed by atoms with Gasteiger partial charge in [-0.25, -0.2) is 9.78 Å². The third kappa shape index (κ3) is 5.76. The van der Waals surface area contributed by atoms with Crippen LogP contribution in [0.4, 0.5) is 0 Å². The smallest absolute Gasteiger partial charge is 0.341 e. The zero-order valence-corrected chi connectivity index (χ0v) is 23.5. The van der Waals surface area contributed by atoms with Crippen LogP contribution in [0, 0.1) is 0 Å². The summed E-state index contributed by atoms with van der Waals surface area (Å²) in [7, 11) is 0. The van der Waals surface area contributed by atoms with E-state index in [-0.39, 0.29) is 47.7 Å². The van der Waals surface area contributed by atoms with Gasteiger partial charge in [-0.1, -0.05) is 48.5 Å². The van der Waals surface area contributed by atoms with Crippen LogP contribution >= 0.6 is 23.2 Å². The predicted octanol–water partition coefficient (Wildman–Crippen LogP) is 5.53. The van der Waals surface area contributed by atoms with Gasteiger partial charge >= 0.3 is 5.97 Å². The fraction of sp³-hybridized carbons (Fsp3) is 0.345. The second-order valence-electron chi connectivity index (χ2n) is 9.53. The minimum Gasteiger partial charge on any atom is -0.491 e. The van der Waals surface area contributed by atoms with Crippen molar-refractivity contribution in [3.8, 4) is 5.75 Å². The lowest BCUT2D eigenvalue weighted by Crippen LogP contribution is -2.35. The Morgan fingerprint density at radius 1 is 1.10 bits per heavy atom. The van der Waals surface area contributed by atoms with E-state index < -0.39 is 11.9 Å². The molecule has 40 heavy (non-hydrogen) atoms. The quantitative estimate of drug-likeness (QED) is 0.209. The number of carbonyl (C=O) groups is 2. The van der Waals surface area contributed by atoms with Gasteiger partial charge in [-0.2, -0.15) is 4.99 Å². The van der Waals surface area contributed by atoms with Crippen LogP contribution in [-0.2, 0) is 9.53 Å². The number of ether oxygens (including phenoxy) is 2. The molecule has 208 valence electrons. The van der Waals surface area contributed by atoms with Crippen molar-refractivity contribution in [2.24, 2.45) is 4.99 Å². The van der Waals surface area contributed by atoms with E-state index in [1.54, 1.807) is 54.1 Å². The Hall–Kier alpha value is -3.69. The van der Waals surface area contributed by atoms with Crippen LogP contribution in [0.3, 0.4) is 0 Å². The van der Waals surface area contributed by atoms with Crippen LogP contribution in [0.1, 0.15) is 61.8 Å². The standard InChI is InChI=1S/C29H28Cl2N4O5/c1-2-39-29(38)21-17-20-26(32-24-10-6-7-14-34(24)28(20)37)35(19-8-4-3-5-9-19)27(21)33-25(36)13-15-40-23-12-11-18(30)16-22(23)31/h6-7,10-12,14,16-17,19H,2-5,8-9,13,15H2,1H3. The summed E-state index contributed by atoms with van der Waals surface area (Å²) in [6, 6.07) is 11.4. The van der Waals surface area contributed by atoms with Crippen molar-refractivity contribution >= 4 is 51.8 Å². The number of nitrogens with zero attached hydrogens (tertiary/aromatic N) is 4. The zero-order valence-electron chi connectivity index (χ0n) is 21.9. The first-order chi connectivity index (χ1) is 19.4. The Balaban J connectivity index is 1.65. The monoisotopic (exact) mass is 582 g/mol. The molecule has 3 heterocycles. The summed E-state index contributed by atoms with van der Waals surface area (Å²) in [5.74, 6) is -0.773. The topological polar surface area (TPSA) is 104 Å². The maximum absolute atomic E-state index is 13.5. The number of aromatic nitrogens is 3. The molecule has 0 spiro atoms. The van der Waals surface area contributed by atoms with Crippen LogP contribution < -0.4 is 15.8 Å². The van der Waals surface area contributed by atoms with E-state index in [1.165, 1.54) is 10.5 Å². The summed E-state index contributed by atoms with van der Waals surface area (Å²) < 4.78 is 14.2. The molecule has 0 radical (unpaired) electrons. The number of hydrogen-bond acceptors (Lipinski definition) is 6.